The van der Waals surface area contributed by atoms with Gasteiger partial charge in [-0.05, 0) is 64.5 Å². The predicted octanol–water partition coefficient (Wildman–Crippen LogP) is 3.95. The summed E-state index contributed by atoms with van der Waals surface area (Å²) in [4.78, 5) is 23.4. The lowest BCUT2D eigenvalue weighted by Crippen LogP contribution is -2.41. The number of alkyl halides is 3. The highest BCUT2D eigenvalue weighted by atomic mass is 32.2. The summed E-state index contributed by atoms with van der Waals surface area (Å²) in [6.45, 7) is 7.91. The molecular weight excluding hydrogens is 575 g/mol. The number of nitrogens with two attached hydrogens (primary N) is 1. The molecule has 2 aromatic heterocycles. The molecule has 1 aliphatic carbocycles. The topological polar surface area (TPSA) is 145 Å². The Hall–Kier alpha value is -3.62. The molecule has 0 bridgehead atoms. The molecule has 3 N–H and O–H groups in total. The van der Waals surface area contributed by atoms with E-state index in [4.69, 9.17) is 15.5 Å². The fourth-order valence-corrected chi connectivity index (χ4v) is 6.46. The van der Waals surface area contributed by atoms with Crippen LogP contribution in [0.4, 0.5) is 19.0 Å². The fraction of sp³-hybridized carbons (Fsp3) is 0.556. The number of carbonyl (C=O) groups excluding carboxylic acids is 1. The van der Waals surface area contributed by atoms with Crippen molar-refractivity contribution in [1.29, 1.82) is 0 Å². The Morgan fingerprint density at radius 2 is 1.98 bits per heavy atom. The Balaban J connectivity index is 1.62. The molecule has 11 nitrogen and oxygen atoms in total. The number of aromatic nitrogens is 3. The van der Waals surface area contributed by atoms with Crippen LogP contribution in [0.5, 0.6) is 5.88 Å². The second kappa shape index (κ2) is 11.2. The van der Waals surface area contributed by atoms with Crippen LogP contribution < -0.4 is 20.1 Å². The summed E-state index contributed by atoms with van der Waals surface area (Å²) >= 11 is 0. The van der Waals surface area contributed by atoms with Crippen LogP contribution in [0.15, 0.2) is 40.0 Å². The first-order chi connectivity index (χ1) is 19.5. The van der Waals surface area contributed by atoms with Crippen LogP contribution in [0.25, 0.3) is 5.82 Å². The van der Waals surface area contributed by atoms with Crippen LogP contribution in [0.1, 0.15) is 63.7 Å². The summed E-state index contributed by atoms with van der Waals surface area (Å²) in [7, 11) is -2.95. The van der Waals surface area contributed by atoms with Gasteiger partial charge in [-0.2, -0.15) is 13.2 Å². The zero-order valence-electron chi connectivity index (χ0n) is 24.2. The minimum absolute atomic E-state index is 0.0254. The Labute approximate surface area is 243 Å². The molecule has 15 heteroatoms. The summed E-state index contributed by atoms with van der Waals surface area (Å²) < 4.78 is 74.6. The molecule has 0 spiro atoms. The summed E-state index contributed by atoms with van der Waals surface area (Å²) in [5, 5.41) is 4.30. The maximum atomic E-state index is 13.4. The SMILES string of the molecule is CN=CC(=C(C)N)S(=O)(=O)NC(=O)c1ccc(-n2ccc(OCCC3(C(F)(F)F)CC3)n2)nc1N1C[C@@H](C)CC1(C)C. The molecule has 230 valence electrons. The van der Waals surface area contributed by atoms with Crippen LogP contribution >= 0.6 is 0 Å². The van der Waals surface area contributed by atoms with Gasteiger partial charge < -0.3 is 15.4 Å². The third kappa shape index (κ3) is 6.40. The van der Waals surface area contributed by atoms with Gasteiger partial charge in [0.15, 0.2) is 5.82 Å². The van der Waals surface area contributed by atoms with Crippen molar-refractivity contribution in [2.45, 2.75) is 65.1 Å². The largest absolute Gasteiger partial charge is 0.477 e. The van der Waals surface area contributed by atoms with Crippen molar-refractivity contribution in [3.05, 3.63) is 40.6 Å². The van der Waals surface area contributed by atoms with Gasteiger partial charge in [0.25, 0.3) is 15.9 Å². The third-order valence-corrected chi connectivity index (χ3v) is 9.13. The van der Waals surface area contributed by atoms with Crippen molar-refractivity contribution in [1.82, 2.24) is 19.5 Å². The molecule has 1 atom stereocenters. The monoisotopic (exact) mass is 611 g/mol. The number of anilines is 1. The number of carbonyl (C=O) groups is 1. The van der Waals surface area contributed by atoms with Gasteiger partial charge in [-0.1, -0.05) is 6.92 Å². The van der Waals surface area contributed by atoms with Crippen LogP contribution in [0, 0.1) is 11.3 Å². The Morgan fingerprint density at radius 3 is 2.52 bits per heavy atom. The van der Waals surface area contributed by atoms with E-state index < -0.39 is 33.1 Å². The first kappa shape index (κ1) is 31.3. The summed E-state index contributed by atoms with van der Waals surface area (Å²) in [5.41, 5.74) is 3.65. The van der Waals surface area contributed by atoms with E-state index in [1.807, 2.05) is 18.7 Å². The first-order valence-corrected chi connectivity index (χ1v) is 15.0. The molecule has 2 aromatic rings. The maximum Gasteiger partial charge on any atom is 0.394 e. The zero-order chi connectivity index (χ0) is 31.1. The van der Waals surface area contributed by atoms with Crippen molar-refractivity contribution in [3.63, 3.8) is 0 Å². The van der Waals surface area contributed by atoms with Crippen molar-refractivity contribution >= 4 is 28.0 Å². The third-order valence-electron chi connectivity index (χ3n) is 7.67. The van der Waals surface area contributed by atoms with E-state index in [0.29, 0.717) is 12.4 Å². The molecule has 1 aliphatic heterocycles. The van der Waals surface area contributed by atoms with Crippen LogP contribution in [0.2, 0.25) is 0 Å². The van der Waals surface area contributed by atoms with Crippen LogP contribution in [-0.2, 0) is 10.0 Å². The molecule has 2 aliphatic rings. The number of nitrogens with one attached hydrogen (secondary N) is 1. The molecule has 4 rings (SSSR count). The smallest absolute Gasteiger partial charge is 0.394 e. The highest BCUT2D eigenvalue weighted by Gasteiger charge is 2.62. The number of ether oxygens (including phenoxy) is 1. The molecule has 0 aromatic carbocycles. The molecule has 1 saturated heterocycles. The molecule has 0 radical (unpaired) electrons. The lowest BCUT2D eigenvalue weighted by atomic mass is 9.97. The number of pyridine rings is 1. The Morgan fingerprint density at radius 1 is 1.29 bits per heavy atom. The fourth-order valence-electron chi connectivity index (χ4n) is 5.33. The number of sulfonamides is 1. The van der Waals surface area contributed by atoms with E-state index in [-0.39, 0.29) is 59.7 Å². The predicted molar refractivity (Wildman–Crippen MR) is 152 cm³/mol. The van der Waals surface area contributed by atoms with Gasteiger partial charge in [0, 0.05) is 43.3 Å². The van der Waals surface area contributed by atoms with E-state index in [9.17, 15) is 26.4 Å². The first-order valence-electron chi connectivity index (χ1n) is 13.5. The van der Waals surface area contributed by atoms with E-state index in [0.717, 1.165) is 12.6 Å². The maximum absolute atomic E-state index is 13.4. The van der Waals surface area contributed by atoms with Gasteiger partial charge in [0.05, 0.1) is 17.6 Å². The average molecular weight is 612 g/mol. The quantitative estimate of drug-likeness (QED) is 0.384. The van der Waals surface area contributed by atoms with Crippen molar-refractivity contribution in [3.8, 4) is 11.7 Å². The molecule has 3 heterocycles. The van der Waals surface area contributed by atoms with Gasteiger partial charge in [-0.3, -0.25) is 9.79 Å². The summed E-state index contributed by atoms with van der Waals surface area (Å²) in [6, 6.07) is 4.47. The van der Waals surface area contributed by atoms with Crippen LogP contribution in [-0.4, -0.2) is 67.2 Å². The molecular formula is C27H36F3N7O4S. The Bertz CT molecular complexity index is 1510. The second-order valence-electron chi connectivity index (χ2n) is 11.6. The number of hydrogen-bond donors (Lipinski definition) is 2. The number of aliphatic imine (C=N–C) groups is 1. The number of nitrogens with zero attached hydrogens (tertiary/aromatic N) is 5. The van der Waals surface area contributed by atoms with Gasteiger partial charge in [-0.25, -0.2) is 22.8 Å². The highest BCUT2D eigenvalue weighted by molar-refractivity contribution is 7.94. The second-order valence-corrected chi connectivity index (χ2v) is 13.3. The minimum atomic E-state index is -4.34. The van der Waals surface area contributed by atoms with E-state index in [1.54, 1.807) is 6.20 Å². The number of allylic oxidation sites excluding steroid dienone is 2. The van der Waals surface area contributed by atoms with Gasteiger partial charge in [0.2, 0.25) is 5.88 Å². The zero-order valence-corrected chi connectivity index (χ0v) is 25.0. The van der Waals surface area contributed by atoms with Crippen molar-refractivity contribution in [2.75, 3.05) is 25.1 Å². The number of hydrogen-bond acceptors (Lipinski definition) is 9. The van der Waals surface area contributed by atoms with Crippen molar-refractivity contribution in [2.24, 2.45) is 22.1 Å². The summed E-state index contributed by atoms with van der Waals surface area (Å²) in [6.07, 6.45) is -0.787. The normalized spacial score (nSPS) is 20.5. The summed E-state index contributed by atoms with van der Waals surface area (Å²) in [5.74, 6) is 0.0725. The number of rotatable bonds is 10. The Kier molecular flexibility index (Phi) is 8.37. The minimum Gasteiger partial charge on any atom is -0.477 e. The lowest BCUT2D eigenvalue weighted by Gasteiger charge is -2.34. The van der Waals surface area contributed by atoms with E-state index in [2.05, 4.69) is 21.7 Å². The lowest BCUT2D eigenvalue weighted by molar-refractivity contribution is -0.190. The van der Waals surface area contributed by atoms with E-state index in [1.165, 1.54) is 36.9 Å². The van der Waals surface area contributed by atoms with Crippen molar-refractivity contribution < 1.29 is 31.1 Å². The molecule has 2 fully saturated rings. The molecule has 1 saturated carbocycles. The van der Waals surface area contributed by atoms with Gasteiger partial charge >= 0.3 is 6.18 Å². The average Bonchev–Trinajstić information content (AvgIpc) is 3.44. The van der Waals surface area contributed by atoms with E-state index >= 15 is 0 Å². The number of halogens is 3. The van der Waals surface area contributed by atoms with Gasteiger partial charge in [-0.15, -0.1) is 5.10 Å². The standard InChI is InChI=1S/C27H36F3N7O4S/c1-17-14-25(3,4)36(16-17)23-19(24(38)35-42(39,40)20(15-32-5)18(2)31)6-7-21(33-23)37-12-8-22(34-37)41-13-11-26(9-10-26)27(28,29)30/h6-8,12,15,17H,9-11,13-14,16,31H2,1-5H3,(H,35,38)/t17-/m0/s1. The highest BCUT2D eigenvalue weighted by Crippen LogP contribution is 2.59. The van der Waals surface area contributed by atoms with Gasteiger partial charge in [0.1, 0.15) is 10.7 Å². The molecule has 0 unspecified atom stereocenters. The molecule has 42 heavy (non-hydrogen) atoms. The number of amides is 1. The van der Waals surface area contributed by atoms with Crippen LogP contribution in [0.3, 0.4) is 0 Å². The molecule has 1 amide bonds.